The zero-order valence-electron chi connectivity index (χ0n) is 11.5. The third-order valence-electron chi connectivity index (χ3n) is 2.94. The van der Waals surface area contributed by atoms with Crippen molar-refractivity contribution in [3.63, 3.8) is 0 Å². The number of fused-ring (bicyclic) bond motifs is 1. The van der Waals surface area contributed by atoms with E-state index in [1.165, 1.54) is 6.20 Å². The van der Waals surface area contributed by atoms with Crippen LogP contribution in [0.3, 0.4) is 0 Å². The second kappa shape index (κ2) is 6.68. The topological polar surface area (TPSA) is 51.2 Å². The van der Waals surface area contributed by atoms with Crippen LogP contribution < -0.4 is 5.32 Å². The molecule has 0 bridgehead atoms. The number of carbonyl (C=O) groups is 1. The molecule has 0 fully saturated rings. The summed E-state index contributed by atoms with van der Waals surface area (Å²) >= 11 is 6.05. The number of nitrogens with zero attached hydrogens (tertiary/aromatic N) is 1. The molecule has 106 valence electrons. The molecule has 5 heteroatoms. The number of carbonyl (C=O) groups excluding carboxylic acids is 1. The van der Waals surface area contributed by atoms with E-state index in [-0.39, 0.29) is 11.9 Å². The summed E-state index contributed by atoms with van der Waals surface area (Å²) in [5.41, 5.74) is 0.522. The predicted molar refractivity (Wildman–Crippen MR) is 80.2 cm³/mol. The third kappa shape index (κ3) is 3.26. The molecule has 0 saturated heterocycles. The summed E-state index contributed by atoms with van der Waals surface area (Å²) in [5.74, 6) is -0.169. The standard InChI is InChI=1S/C15H17ClN2O2/c1-3-20-9-10(2)18-15(19)13-8-17-14(16)12-7-5-4-6-11(12)13/h4-8,10H,3,9H2,1-2H3,(H,18,19). The first kappa shape index (κ1) is 14.8. The van der Waals surface area contributed by atoms with Crippen LogP contribution >= 0.6 is 11.6 Å². The molecule has 20 heavy (non-hydrogen) atoms. The maximum atomic E-state index is 12.3. The van der Waals surface area contributed by atoms with Crippen molar-refractivity contribution in [2.75, 3.05) is 13.2 Å². The van der Waals surface area contributed by atoms with Crippen LogP contribution in [0, 0.1) is 0 Å². The minimum atomic E-state index is -0.169. The van der Waals surface area contributed by atoms with Crippen molar-refractivity contribution in [3.8, 4) is 0 Å². The van der Waals surface area contributed by atoms with Gasteiger partial charge < -0.3 is 10.1 Å². The number of aromatic nitrogens is 1. The van der Waals surface area contributed by atoms with Gasteiger partial charge in [-0.15, -0.1) is 0 Å². The van der Waals surface area contributed by atoms with E-state index >= 15 is 0 Å². The fourth-order valence-electron chi connectivity index (χ4n) is 1.98. The molecule has 1 atom stereocenters. The summed E-state index contributed by atoms with van der Waals surface area (Å²) < 4.78 is 5.29. The van der Waals surface area contributed by atoms with Gasteiger partial charge in [-0.25, -0.2) is 4.98 Å². The van der Waals surface area contributed by atoms with Crippen LogP contribution in [0.15, 0.2) is 30.5 Å². The minimum Gasteiger partial charge on any atom is -0.380 e. The third-order valence-corrected chi connectivity index (χ3v) is 3.24. The maximum absolute atomic E-state index is 12.3. The lowest BCUT2D eigenvalue weighted by molar-refractivity contribution is 0.0873. The van der Waals surface area contributed by atoms with Gasteiger partial charge >= 0.3 is 0 Å². The second-order valence-corrected chi connectivity index (χ2v) is 4.90. The summed E-state index contributed by atoms with van der Waals surface area (Å²) in [6, 6.07) is 7.40. The fourth-order valence-corrected chi connectivity index (χ4v) is 2.19. The summed E-state index contributed by atoms with van der Waals surface area (Å²) in [6.07, 6.45) is 1.51. The predicted octanol–water partition coefficient (Wildman–Crippen LogP) is 3.04. The molecule has 0 spiro atoms. The maximum Gasteiger partial charge on any atom is 0.253 e. The van der Waals surface area contributed by atoms with Crippen molar-refractivity contribution in [1.29, 1.82) is 0 Å². The van der Waals surface area contributed by atoms with Gasteiger partial charge in [-0.1, -0.05) is 35.9 Å². The van der Waals surface area contributed by atoms with Crippen LogP contribution in [-0.2, 0) is 4.74 Å². The van der Waals surface area contributed by atoms with Gasteiger partial charge in [-0.05, 0) is 19.2 Å². The molecular formula is C15H17ClN2O2. The molecule has 1 amide bonds. The van der Waals surface area contributed by atoms with Crippen LogP contribution in [0.4, 0.5) is 0 Å². The molecule has 2 rings (SSSR count). The highest BCUT2D eigenvalue weighted by molar-refractivity contribution is 6.34. The lowest BCUT2D eigenvalue weighted by Gasteiger charge is -2.14. The van der Waals surface area contributed by atoms with Gasteiger partial charge in [0.25, 0.3) is 5.91 Å². The van der Waals surface area contributed by atoms with E-state index < -0.39 is 0 Å². The van der Waals surface area contributed by atoms with Crippen molar-refractivity contribution < 1.29 is 9.53 Å². The molecule has 0 saturated carbocycles. The Morgan fingerprint density at radius 2 is 2.10 bits per heavy atom. The normalized spacial score (nSPS) is 12.3. The van der Waals surface area contributed by atoms with Crippen LogP contribution in [-0.4, -0.2) is 30.1 Å². The Balaban J connectivity index is 2.24. The average Bonchev–Trinajstić information content (AvgIpc) is 2.45. The number of pyridine rings is 1. The molecular weight excluding hydrogens is 276 g/mol. The Hall–Kier alpha value is -1.65. The largest absolute Gasteiger partial charge is 0.380 e. The summed E-state index contributed by atoms with van der Waals surface area (Å²) in [5, 5.41) is 4.87. The quantitative estimate of drug-likeness (QED) is 0.862. The highest BCUT2D eigenvalue weighted by Gasteiger charge is 2.14. The Morgan fingerprint density at radius 1 is 1.40 bits per heavy atom. The fraction of sp³-hybridized carbons (Fsp3) is 0.333. The number of amides is 1. The van der Waals surface area contributed by atoms with Gasteiger partial charge in [0, 0.05) is 24.2 Å². The smallest absolute Gasteiger partial charge is 0.253 e. The molecule has 4 nitrogen and oxygen atoms in total. The number of hydrogen-bond acceptors (Lipinski definition) is 3. The number of halogens is 1. The SMILES string of the molecule is CCOCC(C)NC(=O)c1cnc(Cl)c2ccccc12. The lowest BCUT2D eigenvalue weighted by atomic mass is 10.1. The Bertz CT molecular complexity index is 616. The molecule has 1 N–H and O–H groups in total. The molecule has 0 aliphatic heterocycles. The number of hydrogen-bond donors (Lipinski definition) is 1. The molecule has 1 aromatic carbocycles. The molecule has 1 heterocycles. The van der Waals surface area contributed by atoms with Crippen LogP contribution in [0.25, 0.3) is 10.8 Å². The molecule has 2 aromatic rings. The minimum absolute atomic E-state index is 0.0584. The first-order chi connectivity index (χ1) is 9.63. The molecule has 1 unspecified atom stereocenters. The van der Waals surface area contributed by atoms with Gasteiger partial charge in [0.15, 0.2) is 0 Å². The van der Waals surface area contributed by atoms with Crippen molar-refractivity contribution in [2.24, 2.45) is 0 Å². The van der Waals surface area contributed by atoms with E-state index in [4.69, 9.17) is 16.3 Å². The van der Waals surface area contributed by atoms with Crippen LogP contribution in [0.1, 0.15) is 24.2 Å². The van der Waals surface area contributed by atoms with E-state index in [2.05, 4.69) is 10.3 Å². The van der Waals surface area contributed by atoms with Gasteiger partial charge in [0.05, 0.1) is 12.2 Å². The second-order valence-electron chi connectivity index (χ2n) is 4.54. The molecule has 0 radical (unpaired) electrons. The van der Waals surface area contributed by atoms with Crippen molar-refractivity contribution >= 4 is 28.3 Å². The number of benzene rings is 1. The Labute approximate surface area is 123 Å². The van der Waals surface area contributed by atoms with E-state index in [9.17, 15) is 4.79 Å². The van der Waals surface area contributed by atoms with E-state index in [1.54, 1.807) is 0 Å². The number of rotatable bonds is 5. The van der Waals surface area contributed by atoms with Crippen LogP contribution in [0.5, 0.6) is 0 Å². The Kier molecular flexibility index (Phi) is 4.93. The zero-order chi connectivity index (χ0) is 14.5. The summed E-state index contributed by atoms with van der Waals surface area (Å²) in [7, 11) is 0. The number of ether oxygens (including phenoxy) is 1. The monoisotopic (exact) mass is 292 g/mol. The molecule has 1 aromatic heterocycles. The van der Waals surface area contributed by atoms with Gasteiger partial charge in [0.2, 0.25) is 0 Å². The highest BCUT2D eigenvalue weighted by Crippen LogP contribution is 2.24. The van der Waals surface area contributed by atoms with Gasteiger partial charge in [0.1, 0.15) is 5.15 Å². The molecule has 0 aliphatic rings. The van der Waals surface area contributed by atoms with Crippen molar-refractivity contribution in [3.05, 3.63) is 41.2 Å². The first-order valence-electron chi connectivity index (χ1n) is 6.55. The van der Waals surface area contributed by atoms with E-state index in [1.807, 2.05) is 38.1 Å². The van der Waals surface area contributed by atoms with E-state index in [0.717, 1.165) is 10.8 Å². The Morgan fingerprint density at radius 3 is 2.80 bits per heavy atom. The summed E-state index contributed by atoms with van der Waals surface area (Å²) in [4.78, 5) is 16.4. The van der Waals surface area contributed by atoms with Gasteiger partial charge in [-0.2, -0.15) is 0 Å². The average molecular weight is 293 g/mol. The van der Waals surface area contributed by atoms with Crippen molar-refractivity contribution in [2.45, 2.75) is 19.9 Å². The zero-order valence-corrected chi connectivity index (χ0v) is 12.3. The van der Waals surface area contributed by atoms with Crippen LogP contribution in [0.2, 0.25) is 5.15 Å². The lowest BCUT2D eigenvalue weighted by Crippen LogP contribution is -2.36. The van der Waals surface area contributed by atoms with E-state index in [0.29, 0.717) is 23.9 Å². The highest BCUT2D eigenvalue weighted by atomic mass is 35.5. The molecule has 0 aliphatic carbocycles. The van der Waals surface area contributed by atoms with Gasteiger partial charge in [-0.3, -0.25) is 4.79 Å². The summed E-state index contributed by atoms with van der Waals surface area (Å²) in [6.45, 7) is 4.94. The number of nitrogens with one attached hydrogen (secondary N) is 1. The first-order valence-corrected chi connectivity index (χ1v) is 6.93. The van der Waals surface area contributed by atoms with Crippen molar-refractivity contribution in [1.82, 2.24) is 10.3 Å².